The third kappa shape index (κ3) is 10.8. The van der Waals surface area contributed by atoms with Gasteiger partial charge in [0.25, 0.3) is 0 Å². The van der Waals surface area contributed by atoms with E-state index in [1.807, 2.05) is 25.2 Å². The topological polar surface area (TPSA) is 72.8 Å². The zero-order valence-corrected chi connectivity index (χ0v) is 21.7. The van der Waals surface area contributed by atoms with Gasteiger partial charge in [0.05, 0.1) is 12.2 Å². The molecule has 1 fully saturated rings. The van der Waals surface area contributed by atoms with E-state index >= 15 is 0 Å². The Balaban J connectivity index is 2.59. The zero-order valence-electron chi connectivity index (χ0n) is 21.7. The van der Waals surface area contributed by atoms with Gasteiger partial charge < -0.3 is 14.6 Å². The molecule has 0 aromatic heterocycles. The molecule has 0 spiro atoms. The van der Waals surface area contributed by atoms with Crippen LogP contribution in [-0.4, -0.2) is 48.2 Å². The lowest BCUT2D eigenvalue weighted by molar-refractivity contribution is -0.138. The van der Waals surface area contributed by atoms with E-state index in [-0.39, 0.29) is 35.4 Å². The van der Waals surface area contributed by atoms with Gasteiger partial charge in [0.15, 0.2) is 5.78 Å². The summed E-state index contributed by atoms with van der Waals surface area (Å²) in [6.07, 6.45) is 13.4. The van der Waals surface area contributed by atoms with Crippen molar-refractivity contribution in [2.45, 2.75) is 92.1 Å². The van der Waals surface area contributed by atoms with E-state index in [1.165, 1.54) is 32.4 Å². The fraction of sp³-hybridized carbons (Fsp3) is 0.643. The first-order chi connectivity index (χ1) is 15.5. The number of carbonyl (C=O) groups excluding carboxylic acids is 2. The molecule has 186 valence electrons. The van der Waals surface area contributed by atoms with Crippen molar-refractivity contribution >= 4 is 11.6 Å². The molecule has 0 saturated heterocycles. The molecule has 1 aliphatic rings. The summed E-state index contributed by atoms with van der Waals surface area (Å²) in [5.41, 5.74) is 1.77. The van der Waals surface area contributed by atoms with Crippen LogP contribution in [0.2, 0.25) is 0 Å². The lowest BCUT2D eigenvalue weighted by Crippen LogP contribution is -2.40. The summed E-state index contributed by atoms with van der Waals surface area (Å²) >= 11 is 0. The van der Waals surface area contributed by atoms with Gasteiger partial charge >= 0.3 is 0 Å². The van der Waals surface area contributed by atoms with Crippen molar-refractivity contribution in [2.75, 3.05) is 7.11 Å². The van der Waals surface area contributed by atoms with Crippen LogP contribution in [-0.2, 0) is 19.1 Å². The number of aliphatic hydroxyl groups is 1. The summed E-state index contributed by atoms with van der Waals surface area (Å²) in [5.74, 6) is -0.507. The van der Waals surface area contributed by atoms with Crippen LogP contribution >= 0.6 is 0 Å². The van der Waals surface area contributed by atoms with Gasteiger partial charge in [-0.05, 0) is 64.0 Å². The lowest BCUT2D eigenvalue weighted by Gasteiger charge is -2.25. The van der Waals surface area contributed by atoms with Crippen LogP contribution in [0.25, 0.3) is 0 Å². The zero-order chi connectivity index (χ0) is 25.1. The van der Waals surface area contributed by atoms with Crippen LogP contribution in [0.15, 0.2) is 47.6 Å². The van der Waals surface area contributed by atoms with E-state index in [1.54, 1.807) is 19.9 Å². The Bertz CT molecular complexity index is 756. The number of ketones is 2. The molecule has 1 aliphatic carbocycles. The molecule has 0 bridgehead atoms. The Labute approximate surface area is 200 Å². The van der Waals surface area contributed by atoms with Crippen LogP contribution < -0.4 is 0 Å². The largest absolute Gasteiger partial charge is 0.386 e. The molecule has 1 N–H and O–H groups in total. The quantitative estimate of drug-likeness (QED) is 0.262. The third-order valence-electron chi connectivity index (χ3n) is 6.24. The minimum absolute atomic E-state index is 0.0108. The van der Waals surface area contributed by atoms with Crippen molar-refractivity contribution in [1.29, 1.82) is 0 Å². The van der Waals surface area contributed by atoms with Crippen molar-refractivity contribution in [3.05, 3.63) is 47.6 Å². The summed E-state index contributed by atoms with van der Waals surface area (Å²) in [6.45, 7) is 13.1. The van der Waals surface area contributed by atoms with Gasteiger partial charge in [-0.1, -0.05) is 57.2 Å². The minimum atomic E-state index is -1.07. The van der Waals surface area contributed by atoms with Crippen LogP contribution in [0.5, 0.6) is 0 Å². The van der Waals surface area contributed by atoms with Crippen molar-refractivity contribution < 1.29 is 24.2 Å². The molecular formula is C28H44O5. The van der Waals surface area contributed by atoms with Gasteiger partial charge in [-0.25, -0.2) is 0 Å². The number of carbonyl (C=O) groups is 2. The van der Waals surface area contributed by atoms with Crippen LogP contribution in [0, 0.1) is 17.8 Å². The molecular weight excluding hydrogens is 416 g/mol. The molecule has 0 heterocycles. The number of allylic oxidation sites excluding steroid dienone is 6. The maximum atomic E-state index is 12.9. The number of hydrogen-bond donors (Lipinski definition) is 1. The van der Waals surface area contributed by atoms with Gasteiger partial charge in [0, 0.05) is 18.9 Å². The highest BCUT2D eigenvalue weighted by atomic mass is 16.5. The summed E-state index contributed by atoms with van der Waals surface area (Å²) in [6, 6.07) is 0. The van der Waals surface area contributed by atoms with E-state index in [0.717, 1.165) is 0 Å². The molecule has 2 unspecified atom stereocenters. The van der Waals surface area contributed by atoms with E-state index in [9.17, 15) is 14.7 Å². The van der Waals surface area contributed by atoms with Gasteiger partial charge in [-0.15, -0.1) is 0 Å². The molecule has 33 heavy (non-hydrogen) atoms. The molecule has 0 amide bonds. The second-order valence-electron chi connectivity index (χ2n) is 9.59. The molecule has 0 aromatic rings. The molecule has 6 atom stereocenters. The second-order valence-corrected chi connectivity index (χ2v) is 9.59. The average molecular weight is 461 g/mol. The van der Waals surface area contributed by atoms with E-state index in [4.69, 9.17) is 9.47 Å². The van der Waals surface area contributed by atoms with Gasteiger partial charge in [-0.2, -0.15) is 0 Å². The Morgan fingerprint density at radius 2 is 1.64 bits per heavy atom. The Kier molecular flexibility index (Phi) is 12.8. The molecule has 1 rings (SSSR count). The molecule has 5 nitrogen and oxygen atoms in total. The summed E-state index contributed by atoms with van der Waals surface area (Å²) in [4.78, 5) is 24.4. The highest BCUT2D eigenvalue weighted by molar-refractivity contribution is 5.86. The fourth-order valence-corrected chi connectivity index (χ4v) is 3.54. The van der Waals surface area contributed by atoms with Crippen LogP contribution in [0.1, 0.15) is 67.7 Å². The van der Waals surface area contributed by atoms with Gasteiger partial charge in [-0.3, -0.25) is 9.59 Å². The summed E-state index contributed by atoms with van der Waals surface area (Å²) in [5, 5.41) is 10.6. The van der Waals surface area contributed by atoms with E-state index < -0.39 is 12.2 Å². The van der Waals surface area contributed by atoms with Crippen LogP contribution in [0.4, 0.5) is 0 Å². The maximum Gasteiger partial charge on any atom is 0.167 e. The number of Topliss-reactive ketones (excluding diaryl/α,β-unsaturated/α-hetero) is 2. The van der Waals surface area contributed by atoms with Crippen molar-refractivity contribution in [1.82, 2.24) is 0 Å². The monoisotopic (exact) mass is 460 g/mol. The standard InChI is InChI=1S/C28H44O5/c1-18(12-10-9-11-13-19(2)24(7)33-25-14-15-25)16-21(4)26(30)28(32-8)27(31)22(5)17-20(3)23(6)29/h9-13,17-18,20-21,24-25,27-28,31H,14-16H2,1-8H3/b11-9+,12-10?,19-13+,22-17+/t18-,20-,21?,24+,27?,28+/m1/s1. The Morgan fingerprint density at radius 3 is 2.18 bits per heavy atom. The second kappa shape index (κ2) is 14.4. The minimum Gasteiger partial charge on any atom is -0.386 e. The SMILES string of the molecule is CO[C@@H](C(=O)C(C)C[C@H](C)C=C/C=C/C=C(\C)[C@H](C)OC1CC1)C(O)/C(C)=C/[C@@H](C)C(C)=O. The normalized spacial score (nSPS) is 21.1. The number of rotatable bonds is 15. The molecule has 0 aromatic carbocycles. The fourth-order valence-electron chi connectivity index (χ4n) is 3.54. The van der Waals surface area contributed by atoms with Crippen LogP contribution in [0.3, 0.4) is 0 Å². The molecule has 0 radical (unpaired) electrons. The first-order valence-electron chi connectivity index (χ1n) is 12.1. The highest BCUT2D eigenvalue weighted by Crippen LogP contribution is 2.26. The smallest absolute Gasteiger partial charge is 0.167 e. The lowest BCUT2D eigenvalue weighted by atomic mass is 9.87. The number of ether oxygens (including phenoxy) is 2. The Hall–Kier alpha value is -1.82. The van der Waals surface area contributed by atoms with Gasteiger partial charge in [0.1, 0.15) is 18.0 Å². The molecule has 1 saturated carbocycles. The number of hydrogen-bond acceptors (Lipinski definition) is 5. The third-order valence-corrected chi connectivity index (χ3v) is 6.24. The van der Waals surface area contributed by atoms with Crippen molar-refractivity contribution in [3.63, 3.8) is 0 Å². The number of methoxy groups -OCH3 is 1. The maximum absolute atomic E-state index is 12.9. The Morgan fingerprint density at radius 1 is 1.00 bits per heavy atom. The number of aliphatic hydroxyl groups excluding tert-OH is 1. The highest BCUT2D eigenvalue weighted by Gasteiger charge is 2.31. The summed E-state index contributed by atoms with van der Waals surface area (Å²) < 4.78 is 11.2. The average Bonchev–Trinajstić information content (AvgIpc) is 3.57. The van der Waals surface area contributed by atoms with E-state index in [2.05, 4.69) is 32.9 Å². The molecule has 0 aliphatic heterocycles. The van der Waals surface area contributed by atoms with Gasteiger partial charge in [0.2, 0.25) is 0 Å². The van der Waals surface area contributed by atoms with Crippen molar-refractivity contribution in [2.24, 2.45) is 17.8 Å². The molecule has 5 heteroatoms. The predicted molar refractivity (Wildman–Crippen MR) is 134 cm³/mol. The first-order valence-corrected chi connectivity index (χ1v) is 12.1. The first kappa shape index (κ1) is 29.2. The van der Waals surface area contributed by atoms with E-state index in [0.29, 0.717) is 18.1 Å². The summed E-state index contributed by atoms with van der Waals surface area (Å²) in [7, 11) is 1.43. The predicted octanol–water partition coefficient (Wildman–Crippen LogP) is 5.39. The van der Waals surface area contributed by atoms with Crippen molar-refractivity contribution in [3.8, 4) is 0 Å².